The normalized spacial score (nSPS) is 54.3. The van der Waals surface area contributed by atoms with Crippen LogP contribution in [0.1, 0.15) is 120 Å². The first-order valence-corrected chi connectivity index (χ1v) is 15.0. The average Bonchev–Trinajstić information content (AvgIpc) is 3.03. The molecule has 10 unspecified atom stereocenters. The van der Waals surface area contributed by atoms with E-state index in [1.807, 2.05) is 0 Å². The first-order chi connectivity index (χ1) is 16.6. The van der Waals surface area contributed by atoms with Crippen molar-refractivity contribution in [3.05, 3.63) is 0 Å². The zero-order chi connectivity index (χ0) is 26.1. The Hall–Kier alpha value is -1.06. The van der Waals surface area contributed by atoms with Crippen LogP contribution in [0.4, 0.5) is 0 Å². The highest BCUT2D eigenvalue weighted by Gasteiger charge is 2.75. The molecule has 6 rings (SSSR count). The number of ether oxygens (including phenoxy) is 2. The van der Waals surface area contributed by atoms with Gasteiger partial charge in [-0.15, -0.1) is 0 Å². The highest BCUT2D eigenvalue weighted by atomic mass is 16.6. The van der Waals surface area contributed by atoms with Crippen LogP contribution >= 0.6 is 0 Å². The molecule has 5 aliphatic carbocycles. The number of hydrogen-bond donors (Lipinski definition) is 0. The first kappa shape index (κ1) is 25.2. The summed E-state index contributed by atoms with van der Waals surface area (Å²) in [6.07, 6.45) is 11.6. The fourth-order valence-electron chi connectivity index (χ4n) is 12.2. The molecule has 0 aromatic rings. The number of carbonyl (C=O) groups excluding carboxylic acids is 2. The van der Waals surface area contributed by atoms with E-state index >= 15 is 0 Å². The van der Waals surface area contributed by atoms with Gasteiger partial charge in [0.25, 0.3) is 0 Å². The van der Waals surface area contributed by atoms with Crippen LogP contribution in [0.25, 0.3) is 0 Å². The third-order valence-electron chi connectivity index (χ3n) is 14.3. The molecule has 1 aliphatic heterocycles. The monoisotopic (exact) mass is 498 g/mol. The second-order valence-electron chi connectivity index (χ2n) is 16.1. The Labute approximate surface area is 219 Å². The molecular weight excluding hydrogens is 448 g/mol. The Bertz CT molecular complexity index is 983. The van der Waals surface area contributed by atoms with Crippen molar-refractivity contribution in [3.63, 3.8) is 0 Å². The third-order valence-corrected chi connectivity index (χ3v) is 14.3. The fourth-order valence-corrected chi connectivity index (χ4v) is 12.2. The minimum Gasteiger partial charge on any atom is -0.462 e. The predicted octanol–water partition coefficient (Wildman–Crippen LogP) is 7.34. The molecule has 1 heterocycles. The summed E-state index contributed by atoms with van der Waals surface area (Å²) < 4.78 is 12.2. The van der Waals surface area contributed by atoms with Gasteiger partial charge in [0.2, 0.25) is 0 Å². The van der Waals surface area contributed by atoms with Crippen molar-refractivity contribution in [1.29, 1.82) is 0 Å². The largest absolute Gasteiger partial charge is 0.462 e. The van der Waals surface area contributed by atoms with E-state index < -0.39 is 0 Å². The number of esters is 2. The van der Waals surface area contributed by atoms with Gasteiger partial charge < -0.3 is 9.47 Å². The van der Waals surface area contributed by atoms with Gasteiger partial charge in [0.05, 0.1) is 5.41 Å². The zero-order valence-corrected chi connectivity index (χ0v) is 24.2. The van der Waals surface area contributed by atoms with Gasteiger partial charge >= 0.3 is 11.9 Å². The summed E-state index contributed by atoms with van der Waals surface area (Å²) in [6.45, 7) is 18.9. The summed E-state index contributed by atoms with van der Waals surface area (Å²) in [5.74, 6) is 2.23. The molecule has 0 aromatic carbocycles. The highest BCUT2D eigenvalue weighted by Crippen LogP contribution is 2.78. The second-order valence-corrected chi connectivity index (χ2v) is 16.1. The van der Waals surface area contributed by atoms with Crippen LogP contribution in [0.15, 0.2) is 0 Å². The van der Waals surface area contributed by atoms with E-state index in [0.29, 0.717) is 23.7 Å². The van der Waals surface area contributed by atoms with E-state index in [1.165, 1.54) is 32.1 Å². The maximum absolute atomic E-state index is 13.4. The van der Waals surface area contributed by atoms with Crippen molar-refractivity contribution in [2.24, 2.45) is 56.2 Å². The fraction of sp³-hybridized carbons (Fsp3) is 0.938. The summed E-state index contributed by atoms with van der Waals surface area (Å²) in [7, 11) is 0. The molecule has 0 aromatic heterocycles. The summed E-state index contributed by atoms with van der Waals surface area (Å²) in [5, 5.41) is 0. The highest BCUT2D eigenvalue weighted by molar-refractivity contribution is 5.81. The van der Waals surface area contributed by atoms with Crippen LogP contribution in [0.2, 0.25) is 0 Å². The maximum Gasteiger partial charge on any atom is 0.312 e. The van der Waals surface area contributed by atoms with Crippen LogP contribution in [-0.4, -0.2) is 24.1 Å². The Morgan fingerprint density at radius 2 is 1.50 bits per heavy atom. The standard InChI is InChI=1S/C32H50O4/c1-19(33)35-23-12-13-29(6)21(28(23,4)5)11-14-31(8)22(29)10-9-20-24-25-27(2,3)15-17-32(24,26(34)36-25)18-16-30(20,31)7/h20-25H,9-18H2,1-8H3. The molecule has 4 nitrogen and oxygen atoms in total. The van der Waals surface area contributed by atoms with Crippen LogP contribution in [0, 0.1) is 56.2 Å². The van der Waals surface area contributed by atoms with E-state index in [1.54, 1.807) is 6.92 Å². The van der Waals surface area contributed by atoms with Gasteiger partial charge in [-0.25, -0.2) is 0 Å². The number of hydrogen-bond acceptors (Lipinski definition) is 4. The van der Waals surface area contributed by atoms with E-state index in [-0.39, 0.29) is 56.6 Å². The van der Waals surface area contributed by atoms with Gasteiger partial charge in [0.1, 0.15) is 12.2 Å². The third kappa shape index (κ3) is 2.83. The van der Waals surface area contributed by atoms with Gasteiger partial charge in [-0.1, -0.05) is 48.5 Å². The molecule has 1 saturated heterocycles. The minimum absolute atomic E-state index is 0.00113. The van der Waals surface area contributed by atoms with Crippen molar-refractivity contribution < 1.29 is 19.1 Å². The number of fused-ring (bicyclic) bond motifs is 5. The average molecular weight is 499 g/mol. The molecule has 2 bridgehead atoms. The SMILES string of the molecule is CC(=O)OC1CCC2(C)C(CCC3(C)C2CCC2C4C5OC(=O)C4(CCC5(C)C)CCC23C)C1(C)C. The predicted molar refractivity (Wildman–Crippen MR) is 140 cm³/mol. The summed E-state index contributed by atoms with van der Waals surface area (Å²) in [4.78, 5) is 25.3. The van der Waals surface area contributed by atoms with Crippen molar-refractivity contribution in [2.75, 3.05) is 0 Å². The van der Waals surface area contributed by atoms with Gasteiger partial charge in [0, 0.05) is 23.7 Å². The quantitative estimate of drug-likeness (QED) is 0.355. The first-order valence-electron chi connectivity index (χ1n) is 15.0. The van der Waals surface area contributed by atoms with Gasteiger partial charge in [-0.3, -0.25) is 9.59 Å². The molecule has 0 N–H and O–H groups in total. The lowest BCUT2D eigenvalue weighted by Gasteiger charge is -2.73. The molecule has 4 heteroatoms. The zero-order valence-electron chi connectivity index (χ0n) is 24.2. The molecule has 6 fully saturated rings. The Morgan fingerprint density at radius 1 is 0.806 bits per heavy atom. The maximum atomic E-state index is 13.4. The summed E-state index contributed by atoms with van der Waals surface area (Å²) in [6, 6.07) is 0. The number of rotatable bonds is 1. The molecule has 5 saturated carbocycles. The van der Waals surface area contributed by atoms with Crippen molar-refractivity contribution >= 4 is 11.9 Å². The Balaban J connectivity index is 1.36. The lowest BCUT2D eigenvalue weighted by Crippen LogP contribution is -2.68. The molecule has 202 valence electrons. The van der Waals surface area contributed by atoms with Crippen LogP contribution in [0.5, 0.6) is 0 Å². The molecule has 0 spiro atoms. The molecular formula is C32H50O4. The van der Waals surface area contributed by atoms with E-state index in [0.717, 1.165) is 32.1 Å². The minimum atomic E-state index is -0.210. The second kappa shape index (κ2) is 7.32. The number of carbonyl (C=O) groups is 2. The van der Waals surface area contributed by atoms with E-state index in [9.17, 15) is 9.59 Å². The smallest absolute Gasteiger partial charge is 0.312 e. The molecule has 0 amide bonds. The van der Waals surface area contributed by atoms with Gasteiger partial charge in [0.15, 0.2) is 0 Å². The topological polar surface area (TPSA) is 52.6 Å². The van der Waals surface area contributed by atoms with Crippen molar-refractivity contribution in [3.8, 4) is 0 Å². The Kier molecular flexibility index (Phi) is 5.13. The van der Waals surface area contributed by atoms with E-state index in [2.05, 4.69) is 48.5 Å². The molecule has 36 heavy (non-hydrogen) atoms. The molecule has 0 radical (unpaired) electrons. The summed E-state index contributed by atoms with van der Waals surface area (Å²) in [5.41, 5.74) is 0.665. The summed E-state index contributed by atoms with van der Waals surface area (Å²) >= 11 is 0. The van der Waals surface area contributed by atoms with Crippen molar-refractivity contribution in [1.82, 2.24) is 0 Å². The van der Waals surface area contributed by atoms with Crippen LogP contribution in [0.3, 0.4) is 0 Å². The molecule has 6 aliphatic rings. The van der Waals surface area contributed by atoms with Gasteiger partial charge in [-0.05, 0) is 98.2 Å². The van der Waals surface area contributed by atoms with Crippen LogP contribution in [-0.2, 0) is 19.1 Å². The van der Waals surface area contributed by atoms with Crippen molar-refractivity contribution in [2.45, 2.75) is 132 Å². The molecule has 10 atom stereocenters. The Morgan fingerprint density at radius 3 is 2.19 bits per heavy atom. The van der Waals surface area contributed by atoms with Crippen LogP contribution < -0.4 is 0 Å². The lowest BCUT2D eigenvalue weighted by molar-refractivity contribution is -0.254. The van der Waals surface area contributed by atoms with Gasteiger partial charge in [-0.2, -0.15) is 0 Å². The lowest BCUT2D eigenvalue weighted by atomic mass is 9.31. The van der Waals surface area contributed by atoms with E-state index in [4.69, 9.17) is 9.47 Å².